The van der Waals surface area contributed by atoms with Crippen LogP contribution in [0.1, 0.15) is 15.9 Å². The van der Waals surface area contributed by atoms with Crippen molar-refractivity contribution in [1.82, 2.24) is 15.5 Å². The largest absolute Gasteiger partial charge is 0.375 e. The molecule has 1 fully saturated rings. The van der Waals surface area contributed by atoms with Crippen LogP contribution in [0, 0.1) is 10.1 Å². The number of benzene rings is 2. The van der Waals surface area contributed by atoms with Crippen molar-refractivity contribution in [1.29, 1.82) is 0 Å². The highest BCUT2D eigenvalue weighted by Gasteiger charge is 2.18. The summed E-state index contributed by atoms with van der Waals surface area (Å²) in [7, 11) is 0. The van der Waals surface area contributed by atoms with E-state index in [1.807, 2.05) is 30.3 Å². The van der Waals surface area contributed by atoms with Crippen LogP contribution in [0.25, 0.3) is 0 Å². The van der Waals surface area contributed by atoms with Crippen LogP contribution in [-0.4, -0.2) is 55.0 Å². The van der Waals surface area contributed by atoms with Gasteiger partial charge in [-0.2, -0.15) is 0 Å². The zero-order chi connectivity index (χ0) is 19.8. The Kier molecular flexibility index (Phi) is 8.85. The van der Waals surface area contributed by atoms with Gasteiger partial charge in [-0.25, -0.2) is 0 Å². The van der Waals surface area contributed by atoms with Crippen molar-refractivity contribution in [3.63, 3.8) is 0 Å². The van der Waals surface area contributed by atoms with E-state index in [1.165, 1.54) is 6.07 Å². The van der Waals surface area contributed by atoms with Crippen LogP contribution in [0.4, 0.5) is 11.4 Å². The SMILES string of the molecule is Cl.O=C(NCCN1CCNCC1)c1ccc(NCc2ccccc2)c([N+](=O)[O-])c1. The smallest absolute Gasteiger partial charge is 0.293 e. The van der Waals surface area contributed by atoms with Crippen molar-refractivity contribution in [2.45, 2.75) is 6.54 Å². The first kappa shape index (κ1) is 22.6. The van der Waals surface area contributed by atoms with Crippen molar-refractivity contribution >= 4 is 29.7 Å². The number of carbonyl (C=O) groups excluding carboxylic acids is 1. The lowest BCUT2D eigenvalue weighted by atomic mass is 10.1. The highest BCUT2D eigenvalue weighted by Crippen LogP contribution is 2.26. The first-order valence-electron chi connectivity index (χ1n) is 9.41. The van der Waals surface area contributed by atoms with E-state index in [1.54, 1.807) is 12.1 Å². The number of anilines is 1. The molecule has 2 aromatic rings. The Hall–Kier alpha value is -2.68. The number of rotatable bonds is 8. The normalized spacial score (nSPS) is 13.9. The standard InChI is InChI=1S/C20H25N5O3.ClH/c26-20(22-10-13-24-11-8-21-9-12-24)17-6-7-18(19(14-17)25(27)28)23-15-16-4-2-1-3-5-16;/h1-7,14,21,23H,8-13,15H2,(H,22,26);1H. The minimum absolute atomic E-state index is 0. The van der Waals surface area contributed by atoms with Gasteiger partial charge >= 0.3 is 0 Å². The number of hydrogen-bond donors (Lipinski definition) is 3. The van der Waals surface area contributed by atoms with E-state index < -0.39 is 4.92 Å². The number of nitrogens with one attached hydrogen (secondary N) is 3. The number of hydrogen-bond acceptors (Lipinski definition) is 6. The van der Waals surface area contributed by atoms with E-state index >= 15 is 0 Å². The molecule has 1 amide bonds. The van der Waals surface area contributed by atoms with Crippen molar-refractivity contribution in [2.24, 2.45) is 0 Å². The van der Waals surface area contributed by atoms with Crippen molar-refractivity contribution in [3.05, 3.63) is 69.8 Å². The molecule has 0 aromatic heterocycles. The summed E-state index contributed by atoms with van der Waals surface area (Å²) in [6.45, 7) is 5.59. The predicted octanol–water partition coefficient (Wildman–Crippen LogP) is 2.26. The topological polar surface area (TPSA) is 99.5 Å². The van der Waals surface area contributed by atoms with E-state index in [0.717, 1.165) is 38.3 Å². The Balaban J connectivity index is 0.00000300. The van der Waals surface area contributed by atoms with Gasteiger partial charge in [0.15, 0.2) is 0 Å². The molecule has 0 spiro atoms. The predicted molar refractivity (Wildman–Crippen MR) is 116 cm³/mol. The summed E-state index contributed by atoms with van der Waals surface area (Å²) < 4.78 is 0. The second-order valence-corrected chi connectivity index (χ2v) is 6.68. The molecule has 2 aromatic carbocycles. The fourth-order valence-electron chi connectivity index (χ4n) is 3.13. The van der Waals surface area contributed by atoms with Crippen LogP contribution in [0.2, 0.25) is 0 Å². The van der Waals surface area contributed by atoms with Gasteiger partial charge in [-0.05, 0) is 17.7 Å². The second kappa shape index (κ2) is 11.4. The first-order chi connectivity index (χ1) is 13.6. The minimum Gasteiger partial charge on any atom is -0.375 e. The highest BCUT2D eigenvalue weighted by atomic mass is 35.5. The van der Waals surface area contributed by atoms with E-state index in [-0.39, 0.29) is 29.6 Å². The highest BCUT2D eigenvalue weighted by molar-refractivity contribution is 5.95. The molecule has 0 saturated carbocycles. The molecule has 29 heavy (non-hydrogen) atoms. The van der Waals surface area contributed by atoms with Crippen LogP contribution in [0.3, 0.4) is 0 Å². The molecular formula is C20H26ClN5O3. The van der Waals surface area contributed by atoms with Crippen molar-refractivity contribution in [3.8, 4) is 0 Å². The molecule has 0 bridgehead atoms. The first-order valence-corrected chi connectivity index (χ1v) is 9.41. The van der Waals surface area contributed by atoms with Crippen LogP contribution in [0.15, 0.2) is 48.5 Å². The van der Waals surface area contributed by atoms with Gasteiger partial charge in [0.2, 0.25) is 0 Å². The maximum absolute atomic E-state index is 12.4. The Morgan fingerprint density at radius 1 is 1.14 bits per heavy atom. The molecule has 0 atom stereocenters. The monoisotopic (exact) mass is 419 g/mol. The Labute approximate surface area is 176 Å². The Bertz CT molecular complexity index is 813. The molecule has 3 rings (SSSR count). The summed E-state index contributed by atoms with van der Waals surface area (Å²) in [5.41, 5.74) is 1.60. The van der Waals surface area contributed by atoms with Gasteiger partial charge in [0.05, 0.1) is 4.92 Å². The number of amides is 1. The lowest BCUT2D eigenvalue weighted by Gasteiger charge is -2.27. The van der Waals surface area contributed by atoms with Gasteiger partial charge in [0.1, 0.15) is 5.69 Å². The fourth-order valence-corrected chi connectivity index (χ4v) is 3.13. The third-order valence-corrected chi connectivity index (χ3v) is 4.71. The quantitative estimate of drug-likeness (QED) is 0.448. The molecule has 0 aliphatic carbocycles. The van der Waals surface area contributed by atoms with Crippen molar-refractivity contribution in [2.75, 3.05) is 44.6 Å². The molecule has 156 valence electrons. The summed E-state index contributed by atoms with van der Waals surface area (Å²) in [6.07, 6.45) is 0. The molecule has 1 heterocycles. The number of carbonyl (C=O) groups is 1. The second-order valence-electron chi connectivity index (χ2n) is 6.68. The molecule has 0 unspecified atom stereocenters. The fraction of sp³-hybridized carbons (Fsp3) is 0.350. The van der Waals surface area contributed by atoms with Crippen LogP contribution in [0.5, 0.6) is 0 Å². The van der Waals surface area contributed by atoms with E-state index in [2.05, 4.69) is 20.9 Å². The van der Waals surface area contributed by atoms with Gasteiger partial charge in [-0.15, -0.1) is 12.4 Å². The van der Waals surface area contributed by atoms with Gasteiger partial charge in [-0.3, -0.25) is 19.8 Å². The zero-order valence-electron chi connectivity index (χ0n) is 16.1. The number of piperazine rings is 1. The average molecular weight is 420 g/mol. The summed E-state index contributed by atoms with van der Waals surface area (Å²) >= 11 is 0. The summed E-state index contributed by atoms with van der Waals surface area (Å²) in [5.74, 6) is -0.298. The molecule has 8 nitrogen and oxygen atoms in total. The maximum Gasteiger partial charge on any atom is 0.293 e. The van der Waals surface area contributed by atoms with Crippen LogP contribution in [-0.2, 0) is 6.54 Å². The van der Waals surface area contributed by atoms with Gasteiger partial charge < -0.3 is 16.0 Å². The van der Waals surface area contributed by atoms with Crippen molar-refractivity contribution < 1.29 is 9.72 Å². The Morgan fingerprint density at radius 2 is 1.86 bits per heavy atom. The van der Waals surface area contributed by atoms with E-state index in [9.17, 15) is 14.9 Å². The summed E-state index contributed by atoms with van der Waals surface area (Å²) in [5, 5.41) is 20.7. The molecule has 0 radical (unpaired) electrons. The lowest BCUT2D eigenvalue weighted by Crippen LogP contribution is -2.46. The molecular weight excluding hydrogens is 394 g/mol. The van der Waals surface area contributed by atoms with Crippen LogP contribution >= 0.6 is 12.4 Å². The third-order valence-electron chi connectivity index (χ3n) is 4.71. The number of nitrogens with zero attached hydrogens (tertiary/aromatic N) is 2. The minimum atomic E-state index is -0.467. The number of halogens is 1. The Morgan fingerprint density at radius 3 is 2.55 bits per heavy atom. The van der Waals surface area contributed by atoms with Gasteiger partial charge in [-0.1, -0.05) is 30.3 Å². The number of nitro groups is 1. The van der Waals surface area contributed by atoms with Gasteiger partial charge in [0, 0.05) is 57.4 Å². The molecule has 1 aliphatic heterocycles. The van der Waals surface area contributed by atoms with Gasteiger partial charge in [0.25, 0.3) is 11.6 Å². The maximum atomic E-state index is 12.4. The average Bonchev–Trinajstić information content (AvgIpc) is 2.73. The van der Waals surface area contributed by atoms with E-state index in [0.29, 0.717) is 18.8 Å². The molecule has 1 aliphatic rings. The molecule has 9 heteroatoms. The van der Waals surface area contributed by atoms with Crippen LogP contribution < -0.4 is 16.0 Å². The summed E-state index contributed by atoms with van der Waals surface area (Å²) in [4.78, 5) is 25.6. The molecule has 3 N–H and O–H groups in total. The van der Waals surface area contributed by atoms with E-state index in [4.69, 9.17) is 0 Å². The lowest BCUT2D eigenvalue weighted by molar-refractivity contribution is -0.384. The summed E-state index contributed by atoms with van der Waals surface area (Å²) in [6, 6.07) is 14.2. The third kappa shape index (κ3) is 6.70. The number of nitro benzene ring substituents is 1. The zero-order valence-corrected chi connectivity index (χ0v) is 16.9. The molecule has 1 saturated heterocycles.